The Morgan fingerprint density at radius 2 is 1.92 bits per heavy atom. The van der Waals surface area contributed by atoms with E-state index in [4.69, 9.17) is 4.74 Å². The number of rotatable bonds is 1. The molecule has 1 amide bonds. The molecular formula is C17H18F3NO3. The van der Waals surface area contributed by atoms with Gasteiger partial charge < -0.3 is 9.64 Å². The van der Waals surface area contributed by atoms with E-state index in [0.29, 0.717) is 5.69 Å². The van der Waals surface area contributed by atoms with E-state index in [9.17, 15) is 22.8 Å². The maximum Gasteiger partial charge on any atom is 0.416 e. The Kier molecular flexibility index (Phi) is 3.32. The lowest BCUT2D eigenvalue weighted by atomic mass is 9.93. The number of alkyl halides is 3. The third kappa shape index (κ3) is 2.37. The molecule has 0 bridgehead atoms. The van der Waals surface area contributed by atoms with E-state index in [1.165, 1.54) is 18.0 Å². The number of hydrogen-bond acceptors (Lipinski definition) is 3. The molecule has 130 valence electrons. The quantitative estimate of drug-likeness (QED) is 0.737. The van der Waals surface area contributed by atoms with Crippen LogP contribution in [-0.2, 0) is 25.9 Å². The van der Waals surface area contributed by atoms with Crippen LogP contribution in [0.25, 0.3) is 0 Å². The first-order chi connectivity index (χ1) is 10.9. The van der Waals surface area contributed by atoms with E-state index in [-0.39, 0.29) is 17.9 Å². The van der Waals surface area contributed by atoms with Gasteiger partial charge in [0, 0.05) is 12.7 Å². The maximum atomic E-state index is 13.0. The van der Waals surface area contributed by atoms with Crippen LogP contribution < -0.4 is 4.90 Å². The lowest BCUT2D eigenvalue weighted by Gasteiger charge is -2.20. The summed E-state index contributed by atoms with van der Waals surface area (Å²) in [4.78, 5) is 26.3. The molecule has 3 rings (SSSR count). The molecule has 2 unspecified atom stereocenters. The molecule has 1 fully saturated rings. The van der Waals surface area contributed by atoms with E-state index in [0.717, 1.165) is 12.1 Å². The lowest BCUT2D eigenvalue weighted by Crippen LogP contribution is -2.33. The van der Waals surface area contributed by atoms with Gasteiger partial charge >= 0.3 is 12.1 Å². The molecule has 1 aliphatic heterocycles. The predicted octanol–water partition coefficient (Wildman–Crippen LogP) is 3.28. The van der Waals surface area contributed by atoms with Crippen molar-refractivity contribution in [3.05, 3.63) is 29.3 Å². The first-order valence-electron chi connectivity index (χ1n) is 7.61. The number of hydrogen-bond donors (Lipinski definition) is 0. The smallest absolute Gasteiger partial charge is 0.416 e. The van der Waals surface area contributed by atoms with Gasteiger partial charge in [0.1, 0.15) is 5.60 Å². The number of benzene rings is 1. The zero-order chi connectivity index (χ0) is 18.1. The summed E-state index contributed by atoms with van der Waals surface area (Å²) in [7, 11) is 1.51. The van der Waals surface area contributed by atoms with Gasteiger partial charge in [0.2, 0.25) is 5.91 Å². The summed E-state index contributed by atoms with van der Waals surface area (Å²) in [5, 5.41) is 0. The van der Waals surface area contributed by atoms with Crippen molar-refractivity contribution in [3.63, 3.8) is 0 Å². The van der Waals surface area contributed by atoms with Crippen LogP contribution in [0.15, 0.2) is 18.2 Å². The van der Waals surface area contributed by atoms with Crippen molar-refractivity contribution in [2.45, 2.75) is 44.4 Å². The summed E-state index contributed by atoms with van der Waals surface area (Å²) in [6.07, 6.45) is -4.32. The minimum atomic E-state index is -4.50. The molecule has 1 heterocycles. The molecule has 4 nitrogen and oxygen atoms in total. The number of nitrogens with zero attached hydrogens (tertiary/aromatic N) is 1. The largest absolute Gasteiger partial charge is 0.460 e. The number of ether oxygens (including phenoxy) is 1. The number of likely N-dealkylation sites (N-methyl/N-ethyl adjacent to an activating group) is 1. The van der Waals surface area contributed by atoms with Gasteiger partial charge in [-0.15, -0.1) is 0 Å². The van der Waals surface area contributed by atoms with E-state index in [2.05, 4.69) is 0 Å². The SMILES string of the molecule is CN1C(=O)C2(CC2C(=O)OC(C)(C)C)c2cc(C(F)(F)F)ccc21. The third-order valence-electron chi connectivity index (χ3n) is 4.50. The van der Waals surface area contributed by atoms with Crippen LogP contribution in [0.1, 0.15) is 38.3 Å². The molecule has 7 heteroatoms. The Morgan fingerprint density at radius 3 is 2.46 bits per heavy atom. The van der Waals surface area contributed by atoms with Crippen molar-refractivity contribution in [1.82, 2.24) is 0 Å². The molecule has 2 atom stereocenters. The first-order valence-corrected chi connectivity index (χ1v) is 7.61. The number of amides is 1. The molecule has 1 aromatic carbocycles. The molecule has 2 aliphatic rings. The van der Waals surface area contributed by atoms with Gasteiger partial charge in [-0.05, 0) is 51.0 Å². The molecule has 24 heavy (non-hydrogen) atoms. The second kappa shape index (κ2) is 4.74. The van der Waals surface area contributed by atoms with E-state index >= 15 is 0 Å². The summed E-state index contributed by atoms with van der Waals surface area (Å²) >= 11 is 0. The highest BCUT2D eigenvalue weighted by molar-refractivity contribution is 6.13. The number of fused-ring (bicyclic) bond motifs is 2. The Balaban J connectivity index is 2.01. The zero-order valence-corrected chi connectivity index (χ0v) is 13.8. The van der Waals surface area contributed by atoms with Gasteiger partial charge in [-0.25, -0.2) is 0 Å². The highest BCUT2D eigenvalue weighted by Crippen LogP contribution is 2.62. The summed E-state index contributed by atoms with van der Waals surface area (Å²) in [5.41, 5.74) is -2.07. The fourth-order valence-electron chi connectivity index (χ4n) is 3.34. The minimum Gasteiger partial charge on any atom is -0.460 e. The molecule has 0 N–H and O–H groups in total. The highest BCUT2D eigenvalue weighted by Gasteiger charge is 2.70. The summed E-state index contributed by atoms with van der Waals surface area (Å²) in [5.74, 6) is -1.64. The summed E-state index contributed by atoms with van der Waals surface area (Å²) in [6, 6.07) is 3.23. The van der Waals surface area contributed by atoms with Crippen LogP contribution in [0, 0.1) is 5.92 Å². The maximum absolute atomic E-state index is 13.0. The molecule has 1 saturated carbocycles. The van der Waals surface area contributed by atoms with Gasteiger partial charge in [-0.3, -0.25) is 9.59 Å². The van der Waals surface area contributed by atoms with Crippen LogP contribution in [0.2, 0.25) is 0 Å². The Hall–Kier alpha value is -2.05. The number of halogens is 3. The average molecular weight is 341 g/mol. The zero-order valence-electron chi connectivity index (χ0n) is 13.8. The minimum absolute atomic E-state index is 0.180. The Bertz CT molecular complexity index is 736. The molecule has 0 radical (unpaired) electrons. The van der Waals surface area contributed by atoms with Crippen molar-refractivity contribution in [3.8, 4) is 0 Å². The van der Waals surface area contributed by atoms with E-state index in [1.807, 2.05) is 0 Å². The van der Waals surface area contributed by atoms with Crippen LogP contribution in [0.3, 0.4) is 0 Å². The van der Waals surface area contributed by atoms with Gasteiger partial charge in [0.05, 0.1) is 16.9 Å². The molecule has 1 spiro atoms. The van der Waals surface area contributed by atoms with Gasteiger partial charge in [0.25, 0.3) is 0 Å². The van der Waals surface area contributed by atoms with Crippen molar-refractivity contribution in [1.29, 1.82) is 0 Å². The Morgan fingerprint density at radius 1 is 1.29 bits per heavy atom. The fourth-order valence-corrected chi connectivity index (χ4v) is 3.34. The van der Waals surface area contributed by atoms with Crippen LogP contribution in [0.4, 0.5) is 18.9 Å². The molecule has 1 aliphatic carbocycles. The first kappa shape index (κ1) is 16.8. The topological polar surface area (TPSA) is 46.6 Å². The number of anilines is 1. The van der Waals surface area contributed by atoms with Crippen molar-refractivity contribution < 1.29 is 27.5 Å². The fraction of sp³-hybridized carbons (Fsp3) is 0.529. The van der Waals surface area contributed by atoms with Crippen molar-refractivity contribution in [2.75, 3.05) is 11.9 Å². The molecule has 0 aromatic heterocycles. The molecule has 0 saturated heterocycles. The second-order valence-electron chi connectivity index (χ2n) is 7.36. The van der Waals surface area contributed by atoms with Crippen molar-refractivity contribution >= 4 is 17.6 Å². The molecule has 1 aromatic rings. The monoisotopic (exact) mass is 341 g/mol. The van der Waals surface area contributed by atoms with Crippen LogP contribution >= 0.6 is 0 Å². The summed E-state index contributed by atoms with van der Waals surface area (Å²) < 4.78 is 44.3. The van der Waals surface area contributed by atoms with Gasteiger partial charge in [-0.2, -0.15) is 13.2 Å². The Labute approximate surface area is 137 Å². The second-order valence-corrected chi connectivity index (χ2v) is 7.36. The number of carbonyl (C=O) groups excluding carboxylic acids is 2. The average Bonchev–Trinajstić information content (AvgIpc) is 3.15. The van der Waals surface area contributed by atoms with E-state index in [1.54, 1.807) is 20.8 Å². The lowest BCUT2D eigenvalue weighted by molar-refractivity contribution is -0.157. The standard InChI is InChI=1S/C17H18F3NO3/c1-15(2,3)24-13(22)11-8-16(11)10-7-9(17(18,19)20)5-6-12(10)21(4)14(16)23/h5-7,11H,8H2,1-4H3. The van der Waals surface area contributed by atoms with Gasteiger partial charge in [-0.1, -0.05) is 0 Å². The number of carbonyl (C=O) groups is 2. The third-order valence-corrected chi connectivity index (χ3v) is 4.50. The van der Waals surface area contributed by atoms with Crippen LogP contribution in [-0.4, -0.2) is 24.5 Å². The predicted molar refractivity (Wildman–Crippen MR) is 80.5 cm³/mol. The highest BCUT2D eigenvalue weighted by atomic mass is 19.4. The van der Waals surface area contributed by atoms with E-state index < -0.39 is 34.6 Å². The molecular weight excluding hydrogens is 323 g/mol. The number of esters is 1. The normalized spacial score (nSPS) is 25.9. The van der Waals surface area contributed by atoms with Gasteiger partial charge in [0.15, 0.2) is 0 Å². The van der Waals surface area contributed by atoms with Crippen molar-refractivity contribution in [2.24, 2.45) is 5.92 Å². The van der Waals surface area contributed by atoms with Crippen LogP contribution in [0.5, 0.6) is 0 Å². The summed E-state index contributed by atoms with van der Waals surface area (Å²) in [6.45, 7) is 5.12.